The highest BCUT2D eigenvalue weighted by atomic mass is 19.1. The summed E-state index contributed by atoms with van der Waals surface area (Å²) in [5.74, 6) is -0.444. The smallest absolute Gasteiger partial charge is 0.319 e. The van der Waals surface area contributed by atoms with Gasteiger partial charge in [0.05, 0.1) is 6.04 Å². The molecule has 1 unspecified atom stereocenters. The SMILES string of the molecule is CN(C)C(CNC(=O)Nc1cccc(C(=O)NC2CC2)c1)c1cccc(F)c1. The predicted molar refractivity (Wildman–Crippen MR) is 107 cm³/mol. The number of amides is 3. The van der Waals surface area contributed by atoms with Crippen molar-refractivity contribution in [2.24, 2.45) is 0 Å². The first-order chi connectivity index (χ1) is 13.4. The van der Waals surface area contributed by atoms with E-state index in [-0.39, 0.29) is 29.8 Å². The summed E-state index contributed by atoms with van der Waals surface area (Å²) in [6.45, 7) is 0.310. The molecule has 7 heteroatoms. The van der Waals surface area contributed by atoms with E-state index in [1.54, 1.807) is 30.3 Å². The number of carbonyl (C=O) groups is 2. The van der Waals surface area contributed by atoms with Gasteiger partial charge in [0.15, 0.2) is 0 Å². The highest BCUT2D eigenvalue weighted by Crippen LogP contribution is 2.20. The molecule has 3 N–H and O–H groups in total. The highest BCUT2D eigenvalue weighted by molar-refractivity contribution is 5.97. The van der Waals surface area contributed by atoms with Crippen molar-refractivity contribution in [1.29, 1.82) is 0 Å². The number of anilines is 1. The Morgan fingerprint density at radius 2 is 1.89 bits per heavy atom. The lowest BCUT2D eigenvalue weighted by Gasteiger charge is -2.25. The number of carbonyl (C=O) groups excluding carboxylic acids is 2. The minimum Gasteiger partial charge on any atom is -0.349 e. The van der Waals surface area contributed by atoms with Crippen LogP contribution < -0.4 is 16.0 Å². The topological polar surface area (TPSA) is 73.5 Å². The molecule has 2 aromatic carbocycles. The molecular weight excluding hydrogens is 359 g/mol. The number of halogens is 1. The van der Waals surface area contributed by atoms with Crippen molar-refractivity contribution >= 4 is 17.6 Å². The summed E-state index contributed by atoms with van der Waals surface area (Å²) in [6.07, 6.45) is 2.04. The Kier molecular flexibility index (Phi) is 6.26. The van der Waals surface area contributed by atoms with Crippen molar-refractivity contribution in [3.8, 4) is 0 Å². The maximum Gasteiger partial charge on any atom is 0.319 e. The van der Waals surface area contributed by atoms with Crippen molar-refractivity contribution < 1.29 is 14.0 Å². The zero-order valence-electron chi connectivity index (χ0n) is 16.0. The third kappa shape index (κ3) is 5.53. The van der Waals surface area contributed by atoms with Gasteiger partial charge in [-0.15, -0.1) is 0 Å². The molecule has 1 fully saturated rings. The molecule has 0 aliphatic heterocycles. The zero-order chi connectivity index (χ0) is 20.1. The Hall–Kier alpha value is -2.93. The Bertz CT molecular complexity index is 852. The van der Waals surface area contributed by atoms with Crippen LogP contribution in [0.2, 0.25) is 0 Å². The molecular formula is C21H25FN4O2. The lowest BCUT2D eigenvalue weighted by atomic mass is 10.1. The number of likely N-dealkylation sites (N-methyl/N-ethyl adjacent to an activating group) is 1. The fraction of sp³-hybridized carbons (Fsp3) is 0.333. The molecule has 28 heavy (non-hydrogen) atoms. The second-order valence-electron chi connectivity index (χ2n) is 7.20. The number of benzene rings is 2. The fourth-order valence-electron chi connectivity index (χ4n) is 2.91. The van der Waals surface area contributed by atoms with E-state index in [1.807, 2.05) is 25.1 Å². The van der Waals surface area contributed by atoms with Gasteiger partial charge in [0, 0.05) is 23.8 Å². The van der Waals surface area contributed by atoms with Crippen molar-refractivity contribution in [3.63, 3.8) is 0 Å². The van der Waals surface area contributed by atoms with E-state index in [0.29, 0.717) is 17.8 Å². The van der Waals surface area contributed by atoms with E-state index in [2.05, 4.69) is 16.0 Å². The molecule has 6 nitrogen and oxygen atoms in total. The average Bonchev–Trinajstić information content (AvgIpc) is 3.46. The van der Waals surface area contributed by atoms with Gasteiger partial charge in [-0.25, -0.2) is 9.18 Å². The van der Waals surface area contributed by atoms with E-state index >= 15 is 0 Å². The zero-order valence-corrected chi connectivity index (χ0v) is 16.0. The van der Waals surface area contributed by atoms with E-state index in [9.17, 15) is 14.0 Å². The first-order valence-corrected chi connectivity index (χ1v) is 9.30. The number of nitrogens with one attached hydrogen (secondary N) is 3. The molecule has 1 atom stereocenters. The molecule has 3 amide bonds. The second-order valence-corrected chi connectivity index (χ2v) is 7.20. The molecule has 148 valence electrons. The number of rotatable bonds is 7. The summed E-state index contributed by atoms with van der Waals surface area (Å²) in [6, 6.07) is 12.9. The van der Waals surface area contributed by atoms with E-state index in [1.165, 1.54) is 12.1 Å². The quantitative estimate of drug-likeness (QED) is 0.687. The van der Waals surface area contributed by atoms with Crippen LogP contribution in [0, 0.1) is 5.82 Å². The third-order valence-electron chi connectivity index (χ3n) is 4.61. The summed E-state index contributed by atoms with van der Waals surface area (Å²) in [4.78, 5) is 26.3. The minimum atomic E-state index is -0.386. The van der Waals surface area contributed by atoms with Crippen LogP contribution in [0.25, 0.3) is 0 Å². The number of hydrogen-bond donors (Lipinski definition) is 3. The molecule has 1 saturated carbocycles. The summed E-state index contributed by atoms with van der Waals surface area (Å²) < 4.78 is 13.5. The van der Waals surface area contributed by atoms with E-state index < -0.39 is 0 Å². The molecule has 0 spiro atoms. The molecule has 3 rings (SSSR count). The molecule has 1 aliphatic rings. The van der Waals surface area contributed by atoms with Crippen molar-refractivity contribution in [3.05, 3.63) is 65.5 Å². The number of hydrogen-bond acceptors (Lipinski definition) is 3. The van der Waals surface area contributed by atoms with Gasteiger partial charge in [-0.05, 0) is 62.8 Å². The Balaban J connectivity index is 1.57. The lowest BCUT2D eigenvalue weighted by molar-refractivity contribution is 0.0951. The fourth-order valence-corrected chi connectivity index (χ4v) is 2.91. The standard InChI is InChI=1S/C21H25FN4O2/c1-26(2)19(14-5-3-7-16(22)11-14)13-23-21(28)25-18-8-4-6-15(12-18)20(27)24-17-9-10-17/h3-8,11-12,17,19H,9-10,13H2,1-2H3,(H,24,27)(H2,23,25,28). The predicted octanol–water partition coefficient (Wildman–Crippen LogP) is 3.14. The third-order valence-corrected chi connectivity index (χ3v) is 4.61. The van der Waals surface area contributed by atoms with Crippen LogP contribution >= 0.6 is 0 Å². The van der Waals surface area contributed by atoms with Gasteiger partial charge in [-0.2, -0.15) is 0 Å². The van der Waals surface area contributed by atoms with Crippen LogP contribution in [-0.2, 0) is 0 Å². The van der Waals surface area contributed by atoms with E-state index in [4.69, 9.17) is 0 Å². The van der Waals surface area contributed by atoms with Crippen LogP contribution in [0.5, 0.6) is 0 Å². The molecule has 0 saturated heterocycles. The van der Waals surface area contributed by atoms with Crippen molar-refractivity contribution in [2.45, 2.75) is 24.9 Å². The molecule has 1 aliphatic carbocycles. The second kappa shape index (κ2) is 8.84. The molecule has 0 radical (unpaired) electrons. The van der Waals surface area contributed by atoms with Gasteiger partial charge in [0.1, 0.15) is 5.82 Å². The van der Waals surface area contributed by atoms with Crippen molar-refractivity contribution in [1.82, 2.24) is 15.5 Å². The van der Waals surface area contributed by atoms with E-state index in [0.717, 1.165) is 18.4 Å². The number of urea groups is 1. The Labute approximate surface area is 164 Å². The molecule has 2 aromatic rings. The largest absolute Gasteiger partial charge is 0.349 e. The average molecular weight is 384 g/mol. The van der Waals surface area contributed by atoms with Crippen LogP contribution in [0.3, 0.4) is 0 Å². The lowest BCUT2D eigenvalue weighted by Crippen LogP contribution is -2.37. The minimum absolute atomic E-state index is 0.134. The van der Waals surface area contributed by atoms with Crippen molar-refractivity contribution in [2.75, 3.05) is 26.0 Å². The number of nitrogens with zero attached hydrogens (tertiary/aromatic N) is 1. The summed E-state index contributed by atoms with van der Waals surface area (Å²) in [5, 5.41) is 8.47. The maximum absolute atomic E-state index is 13.5. The summed E-state index contributed by atoms with van der Waals surface area (Å²) in [7, 11) is 3.74. The first-order valence-electron chi connectivity index (χ1n) is 9.30. The highest BCUT2D eigenvalue weighted by Gasteiger charge is 2.24. The van der Waals surface area contributed by atoms with Gasteiger partial charge < -0.3 is 20.9 Å². The van der Waals surface area contributed by atoms with Gasteiger partial charge in [0.25, 0.3) is 5.91 Å². The summed E-state index contributed by atoms with van der Waals surface area (Å²) >= 11 is 0. The van der Waals surface area contributed by atoms with Gasteiger partial charge in [-0.3, -0.25) is 4.79 Å². The van der Waals surface area contributed by atoms with Crippen LogP contribution in [0.1, 0.15) is 34.8 Å². The Morgan fingerprint density at radius 1 is 1.14 bits per heavy atom. The normalized spacial score (nSPS) is 14.4. The van der Waals surface area contributed by atoms with Crippen LogP contribution in [0.15, 0.2) is 48.5 Å². The van der Waals surface area contributed by atoms with Gasteiger partial charge >= 0.3 is 6.03 Å². The van der Waals surface area contributed by atoms with Gasteiger partial charge in [0.2, 0.25) is 0 Å². The van der Waals surface area contributed by atoms with Crippen LogP contribution in [-0.4, -0.2) is 43.5 Å². The first kappa shape index (κ1) is 19.8. The monoisotopic (exact) mass is 384 g/mol. The maximum atomic E-state index is 13.5. The van der Waals surface area contributed by atoms with Crippen LogP contribution in [0.4, 0.5) is 14.9 Å². The molecule has 0 heterocycles. The summed E-state index contributed by atoms with van der Waals surface area (Å²) in [5.41, 5.74) is 1.83. The Morgan fingerprint density at radius 3 is 2.57 bits per heavy atom. The molecule has 0 aromatic heterocycles. The van der Waals surface area contributed by atoms with Gasteiger partial charge in [-0.1, -0.05) is 18.2 Å². The molecule has 0 bridgehead atoms.